The van der Waals surface area contributed by atoms with Crippen LogP contribution in [0.4, 0.5) is 5.82 Å². The topological polar surface area (TPSA) is 139 Å². The maximum Gasteiger partial charge on any atom is 0.344 e. The molecule has 162 valence electrons. The molecule has 1 aromatic carbocycles. The van der Waals surface area contributed by atoms with E-state index in [0.29, 0.717) is 5.58 Å². The lowest BCUT2D eigenvalue weighted by Gasteiger charge is -2.11. The molecular weight excluding hydrogens is 410 g/mol. The van der Waals surface area contributed by atoms with Crippen molar-refractivity contribution < 1.29 is 23.5 Å². The minimum absolute atomic E-state index is 0.0293. The lowest BCUT2D eigenvalue weighted by atomic mass is 10.1. The van der Waals surface area contributed by atoms with Gasteiger partial charge in [-0.3, -0.25) is 18.7 Å². The summed E-state index contributed by atoms with van der Waals surface area (Å²) in [5, 5.41) is 3.06. The van der Waals surface area contributed by atoms with Crippen molar-refractivity contribution in [3.8, 4) is 5.75 Å². The summed E-state index contributed by atoms with van der Waals surface area (Å²) in [7, 11) is 2.69. The molecule has 1 amide bonds. The van der Waals surface area contributed by atoms with E-state index in [9.17, 15) is 24.0 Å². The van der Waals surface area contributed by atoms with Crippen LogP contribution in [0.15, 0.2) is 49.1 Å². The first kappa shape index (κ1) is 21.6. The third-order valence-corrected chi connectivity index (χ3v) is 4.44. The fourth-order valence-electron chi connectivity index (χ4n) is 2.76. The first-order chi connectivity index (χ1) is 14.7. The Labute approximate surface area is 174 Å². The SMILES string of the molecule is Cc1cc(=O)oc2cc(OCC(=O)OCC(=O)Nc3cc(=O)n(C)c(=O)n3C)ccc12. The summed E-state index contributed by atoms with van der Waals surface area (Å²) in [6, 6.07) is 7.21. The monoisotopic (exact) mass is 429 g/mol. The van der Waals surface area contributed by atoms with E-state index in [1.807, 2.05) is 0 Å². The summed E-state index contributed by atoms with van der Waals surface area (Å²) in [6.07, 6.45) is 0. The lowest BCUT2D eigenvalue weighted by Crippen LogP contribution is -2.38. The first-order valence-electron chi connectivity index (χ1n) is 9.05. The predicted octanol–water partition coefficient (Wildman–Crippen LogP) is 0.0595. The average molecular weight is 429 g/mol. The van der Waals surface area contributed by atoms with Gasteiger partial charge in [0.2, 0.25) is 0 Å². The third kappa shape index (κ3) is 4.89. The number of nitrogens with zero attached hydrogens (tertiary/aromatic N) is 2. The number of esters is 1. The Morgan fingerprint density at radius 1 is 1.03 bits per heavy atom. The third-order valence-electron chi connectivity index (χ3n) is 4.44. The molecule has 1 N–H and O–H groups in total. The Balaban J connectivity index is 1.55. The Bertz CT molecular complexity index is 1350. The quantitative estimate of drug-likeness (QED) is 0.429. The molecule has 3 rings (SSSR count). The lowest BCUT2D eigenvalue weighted by molar-refractivity contribution is -0.149. The zero-order valence-electron chi connectivity index (χ0n) is 17.0. The highest BCUT2D eigenvalue weighted by molar-refractivity contribution is 5.92. The van der Waals surface area contributed by atoms with Gasteiger partial charge in [-0.1, -0.05) is 0 Å². The van der Waals surface area contributed by atoms with E-state index >= 15 is 0 Å². The van der Waals surface area contributed by atoms with E-state index in [1.165, 1.54) is 26.2 Å². The van der Waals surface area contributed by atoms with Crippen molar-refractivity contribution in [3.63, 3.8) is 0 Å². The molecule has 2 aromatic heterocycles. The molecule has 0 saturated carbocycles. The smallest absolute Gasteiger partial charge is 0.344 e. The summed E-state index contributed by atoms with van der Waals surface area (Å²) < 4.78 is 17.2. The van der Waals surface area contributed by atoms with E-state index in [2.05, 4.69) is 5.32 Å². The number of hydrogen-bond donors (Lipinski definition) is 1. The maximum absolute atomic E-state index is 12.0. The minimum atomic E-state index is -0.821. The van der Waals surface area contributed by atoms with Crippen LogP contribution in [0.1, 0.15) is 5.56 Å². The van der Waals surface area contributed by atoms with Crippen LogP contribution >= 0.6 is 0 Å². The first-order valence-corrected chi connectivity index (χ1v) is 9.05. The molecule has 11 heteroatoms. The van der Waals surface area contributed by atoms with Crippen LogP contribution < -0.4 is 26.9 Å². The van der Waals surface area contributed by atoms with Crippen molar-refractivity contribution in [1.29, 1.82) is 0 Å². The van der Waals surface area contributed by atoms with Gasteiger partial charge < -0.3 is 19.2 Å². The number of hydrogen-bond acceptors (Lipinski definition) is 8. The number of aryl methyl sites for hydroxylation is 1. The fourth-order valence-corrected chi connectivity index (χ4v) is 2.76. The molecule has 2 heterocycles. The molecule has 0 unspecified atom stereocenters. The number of aromatic nitrogens is 2. The summed E-state index contributed by atoms with van der Waals surface area (Å²) in [5.74, 6) is -1.31. The Morgan fingerprint density at radius 3 is 2.52 bits per heavy atom. The molecule has 0 bridgehead atoms. The number of nitrogens with one attached hydrogen (secondary N) is 1. The molecule has 0 atom stereocenters. The largest absolute Gasteiger partial charge is 0.482 e. The summed E-state index contributed by atoms with van der Waals surface area (Å²) in [4.78, 5) is 58.8. The van der Waals surface area contributed by atoms with Gasteiger partial charge in [0.05, 0.1) is 0 Å². The minimum Gasteiger partial charge on any atom is -0.482 e. The molecule has 0 aliphatic heterocycles. The van der Waals surface area contributed by atoms with Gasteiger partial charge in [0.1, 0.15) is 17.2 Å². The second-order valence-corrected chi connectivity index (χ2v) is 6.67. The normalized spacial score (nSPS) is 10.7. The highest BCUT2D eigenvalue weighted by Crippen LogP contribution is 2.22. The van der Waals surface area contributed by atoms with Crippen LogP contribution in [0, 0.1) is 6.92 Å². The summed E-state index contributed by atoms with van der Waals surface area (Å²) in [5.41, 5.74) is -0.645. The van der Waals surface area contributed by atoms with Gasteiger partial charge >= 0.3 is 17.3 Å². The van der Waals surface area contributed by atoms with Crippen LogP contribution in [0.2, 0.25) is 0 Å². The highest BCUT2D eigenvalue weighted by atomic mass is 16.6. The highest BCUT2D eigenvalue weighted by Gasteiger charge is 2.13. The van der Waals surface area contributed by atoms with Crippen LogP contribution in [0.5, 0.6) is 5.75 Å². The fraction of sp³-hybridized carbons (Fsp3) is 0.250. The van der Waals surface area contributed by atoms with Crippen LogP contribution in [0.3, 0.4) is 0 Å². The van der Waals surface area contributed by atoms with Gasteiger partial charge in [-0.2, -0.15) is 0 Å². The number of fused-ring (bicyclic) bond motifs is 1. The molecule has 31 heavy (non-hydrogen) atoms. The molecule has 0 fully saturated rings. The van der Waals surface area contributed by atoms with Crippen molar-refractivity contribution in [1.82, 2.24) is 9.13 Å². The summed E-state index contributed by atoms with van der Waals surface area (Å²) >= 11 is 0. The van der Waals surface area contributed by atoms with E-state index in [0.717, 1.165) is 26.2 Å². The van der Waals surface area contributed by atoms with Crippen molar-refractivity contribution in [3.05, 3.63) is 67.2 Å². The molecule has 3 aromatic rings. The maximum atomic E-state index is 12.0. The number of anilines is 1. The molecule has 0 radical (unpaired) electrons. The van der Waals surface area contributed by atoms with Gasteiger partial charge in [0, 0.05) is 37.7 Å². The zero-order valence-corrected chi connectivity index (χ0v) is 17.0. The predicted molar refractivity (Wildman–Crippen MR) is 109 cm³/mol. The number of ether oxygens (including phenoxy) is 2. The standard InChI is InChI=1S/C20H19N3O8/c1-11-6-18(26)31-14-7-12(4-5-13(11)14)29-10-19(27)30-9-16(24)21-15-8-17(25)23(3)20(28)22(15)2/h4-8H,9-10H2,1-3H3,(H,21,24). The van der Waals surface area contributed by atoms with E-state index in [1.54, 1.807) is 19.1 Å². The van der Waals surface area contributed by atoms with Crippen molar-refractivity contribution in [2.45, 2.75) is 6.92 Å². The molecule has 11 nitrogen and oxygen atoms in total. The van der Waals surface area contributed by atoms with E-state index in [-0.39, 0.29) is 11.6 Å². The molecule has 0 aliphatic carbocycles. The van der Waals surface area contributed by atoms with Crippen molar-refractivity contribution >= 4 is 28.7 Å². The van der Waals surface area contributed by atoms with Gasteiger partial charge in [0.15, 0.2) is 13.2 Å². The molecule has 0 spiro atoms. The number of carbonyl (C=O) groups excluding carboxylic acids is 2. The second kappa shape index (κ2) is 8.69. The van der Waals surface area contributed by atoms with Gasteiger partial charge in [-0.05, 0) is 24.6 Å². The van der Waals surface area contributed by atoms with Gasteiger partial charge in [0.25, 0.3) is 11.5 Å². The molecule has 0 saturated heterocycles. The van der Waals surface area contributed by atoms with Crippen molar-refractivity contribution in [2.75, 3.05) is 18.5 Å². The summed E-state index contributed by atoms with van der Waals surface area (Å²) in [6.45, 7) is 0.643. The van der Waals surface area contributed by atoms with Crippen LogP contribution in [0.25, 0.3) is 11.0 Å². The van der Waals surface area contributed by atoms with E-state index in [4.69, 9.17) is 13.9 Å². The number of benzene rings is 1. The Morgan fingerprint density at radius 2 is 1.77 bits per heavy atom. The number of amides is 1. The Kier molecular flexibility index (Phi) is 6.05. The van der Waals surface area contributed by atoms with Gasteiger partial charge in [-0.15, -0.1) is 0 Å². The number of carbonyl (C=O) groups is 2. The molecule has 0 aliphatic rings. The van der Waals surface area contributed by atoms with Crippen molar-refractivity contribution in [2.24, 2.45) is 14.1 Å². The Hall–Kier alpha value is -4.15. The number of rotatable bonds is 6. The molecular formula is C20H19N3O8. The average Bonchev–Trinajstić information content (AvgIpc) is 2.72. The zero-order chi connectivity index (χ0) is 22.7. The second-order valence-electron chi connectivity index (χ2n) is 6.67. The van der Waals surface area contributed by atoms with Crippen LogP contribution in [-0.2, 0) is 28.4 Å². The van der Waals surface area contributed by atoms with Crippen LogP contribution in [-0.4, -0.2) is 34.2 Å². The van der Waals surface area contributed by atoms with Gasteiger partial charge in [-0.25, -0.2) is 14.4 Å². The van der Waals surface area contributed by atoms with E-state index < -0.39 is 42.0 Å².